The van der Waals surface area contributed by atoms with Gasteiger partial charge in [0.25, 0.3) is 0 Å². The summed E-state index contributed by atoms with van der Waals surface area (Å²) in [5.41, 5.74) is -0.599. The van der Waals surface area contributed by atoms with Gasteiger partial charge in [-0.1, -0.05) is 0 Å². The predicted octanol–water partition coefficient (Wildman–Crippen LogP) is 0.714. The van der Waals surface area contributed by atoms with Crippen molar-refractivity contribution in [1.82, 2.24) is 9.88 Å². The number of hydrogen-bond acceptors (Lipinski definition) is 6. The molecule has 0 aliphatic carbocycles. The largest absolute Gasteiger partial charge is 0.418 e. The van der Waals surface area contributed by atoms with Crippen LogP contribution < -0.4 is 4.90 Å². The van der Waals surface area contributed by atoms with E-state index in [1.54, 1.807) is 11.8 Å². The fourth-order valence-electron chi connectivity index (χ4n) is 3.89. The number of hydrogen-bond donors (Lipinski definition) is 3. The summed E-state index contributed by atoms with van der Waals surface area (Å²) >= 11 is 0. The first-order valence-electron chi connectivity index (χ1n) is 8.73. The van der Waals surface area contributed by atoms with Gasteiger partial charge in [-0.2, -0.15) is 13.2 Å². The van der Waals surface area contributed by atoms with Gasteiger partial charge in [-0.3, -0.25) is 9.88 Å². The Balaban J connectivity index is 1.67. The quantitative estimate of drug-likeness (QED) is 0.722. The number of pyridine rings is 1. The monoisotopic (exact) mass is 375 g/mol. The number of aromatic nitrogens is 1. The summed E-state index contributed by atoms with van der Waals surface area (Å²) in [7, 11) is 0. The van der Waals surface area contributed by atoms with E-state index >= 15 is 0 Å². The number of nitrogens with zero attached hydrogens (tertiary/aromatic N) is 3. The fourth-order valence-corrected chi connectivity index (χ4v) is 3.89. The number of aliphatic hydroxyl groups is 3. The standard InChI is InChI=1S/C17H24F3N3O3/c1-10-15(25)16(26)14(24)9-23(10)8-11-3-5-22(7-11)13-6-21-4-2-12(13)17(18,19)20/h2,4,6,10-11,14-16,24-26H,3,5,7-9H2,1H3/t10-,11?,14+,15-,16-/m1/s1. The molecule has 0 radical (unpaired) electrons. The first kappa shape index (κ1) is 19.3. The molecule has 3 N–H and O–H groups in total. The molecule has 3 rings (SSSR count). The fraction of sp³-hybridized carbons (Fsp3) is 0.706. The zero-order valence-electron chi connectivity index (χ0n) is 14.5. The van der Waals surface area contributed by atoms with Crippen molar-refractivity contribution in [2.45, 2.75) is 43.9 Å². The molecule has 6 nitrogen and oxygen atoms in total. The zero-order chi connectivity index (χ0) is 19.1. The van der Waals surface area contributed by atoms with Crippen molar-refractivity contribution in [2.75, 3.05) is 31.1 Å². The van der Waals surface area contributed by atoms with Crippen LogP contribution in [0.1, 0.15) is 18.9 Å². The molecule has 2 fully saturated rings. The van der Waals surface area contributed by atoms with Gasteiger partial charge in [-0.05, 0) is 25.3 Å². The minimum atomic E-state index is -4.43. The summed E-state index contributed by atoms with van der Waals surface area (Å²) in [5.74, 6) is 0.105. The molecule has 1 aromatic rings. The summed E-state index contributed by atoms with van der Waals surface area (Å²) < 4.78 is 39.6. The first-order chi connectivity index (χ1) is 12.2. The lowest BCUT2D eigenvalue weighted by Gasteiger charge is -2.43. The van der Waals surface area contributed by atoms with E-state index in [9.17, 15) is 28.5 Å². The van der Waals surface area contributed by atoms with E-state index in [4.69, 9.17) is 0 Å². The van der Waals surface area contributed by atoms with Crippen LogP contribution >= 0.6 is 0 Å². The van der Waals surface area contributed by atoms with Gasteiger partial charge < -0.3 is 20.2 Å². The highest BCUT2D eigenvalue weighted by atomic mass is 19.4. The van der Waals surface area contributed by atoms with Crippen LogP contribution in [-0.2, 0) is 6.18 Å². The minimum Gasteiger partial charge on any atom is -0.389 e. The van der Waals surface area contributed by atoms with Crippen LogP contribution in [-0.4, -0.2) is 75.7 Å². The molecular formula is C17H24F3N3O3. The maximum Gasteiger partial charge on any atom is 0.418 e. The first-order valence-corrected chi connectivity index (χ1v) is 8.73. The minimum absolute atomic E-state index is 0.0877. The highest BCUT2D eigenvalue weighted by Gasteiger charge is 2.41. The second-order valence-corrected chi connectivity index (χ2v) is 7.23. The zero-order valence-corrected chi connectivity index (χ0v) is 14.5. The molecule has 5 atom stereocenters. The van der Waals surface area contributed by atoms with Crippen LogP contribution in [0.25, 0.3) is 0 Å². The molecule has 0 bridgehead atoms. The van der Waals surface area contributed by atoms with Gasteiger partial charge in [0.05, 0.1) is 29.7 Å². The van der Waals surface area contributed by atoms with Crippen LogP contribution in [0.2, 0.25) is 0 Å². The molecule has 26 heavy (non-hydrogen) atoms. The van der Waals surface area contributed by atoms with Crippen molar-refractivity contribution in [3.8, 4) is 0 Å². The molecule has 9 heteroatoms. The Morgan fingerprint density at radius 3 is 2.62 bits per heavy atom. The lowest BCUT2D eigenvalue weighted by Crippen LogP contribution is -2.60. The van der Waals surface area contributed by atoms with Gasteiger partial charge in [-0.25, -0.2) is 0 Å². The van der Waals surface area contributed by atoms with Gasteiger partial charge in [-0.15, -0.1) is 0 Å². The topological polar surface area (TPSA) is 80.1 Å². The van der Waals surface area contributed by atoms with Crippen molar-refractivity contribution < 1.29 is 28.5 Å². The number of rotatable bonds is 3. The van der Waals surface area contributed by atoms with Crippen LogP contribution in [0, 0.1) is 5.92 Å². The SMILES string of the molecule is C[C@@H]1[C@@H](O)[C@H](O)[C@@H](O)CN1CC1CCN(c2cnccc2C(F)(F)F)C1. The van der Waals surface area contributed by atoms with Crippen LogP contribution in [0.4, 0.5) is 18.9 Å². The van der Waals surface area contributed by atoms with Gasteiger partial charge in [0.1, 0.15) is 6.10 Å². The number of halogens is 3. The maximum absolute atomic E-state index is 13.2. The number of aliphatic hydroxyl groups excluding tert-OH is 3. The highest BCUT2D eigenvalue weighted by Crippen LogP contribution is 2.37. The number of piperidine rings is 1. The second-order valence-electron chi connectivity index (χ2n) is 7.23. The van der Waals surface area contributed by atoms with Crippen molar-refractivity contribution in [3.63, 3.8) is 0 Å². The average Bonchev–Trinajstić information content (AvgIpc) is 3.05. The summed E-state index contributed by atoms with van der Waals surface area (Å²) in [5, 5.41) is 29.6. The third kappa shape index (κ3) is 3.80. The summed E-state index contributed by atoms with van der Waals surface area (Å²) in [4.78, 5) is 7.42. The molecule has 0 spiro atoms. The van der Waals surface area contributed by atoms with E-state index in [-0.39, 0.29) is 24.2 Å². The Labute approximate surface area is 149 Å². The third-order valence-electron chi connectivity index (χ3n) is 5.46. The summed E-state index contributed by atoms with van der Waals surface area (Å²) in [6, 6.07) is 0.662. The van der Waals surface area contributed by atoms with Gasteiger partial charge in [0.2, 0.25) is 0 Å². The summed E-state index contributed by atoms with van der Waals surface area (Å²) in [6.45, 7) is 3.49. The Hall–Kier alpha value is -1.42. The van der Waals surface area contributed by atoms with E-state index < -0.39 is 30.1 Å². The van der Waals surface area contributed by atoms with Gasteiger partial charge in [0.15, 0.2) is 0 Å². The van der Waals surface area contributed by atoms with Crippen LogP contribution in [0.5, 0.6) is 0 Å². The molecule has 0 saturated carbocycles. The van der Waals surface area contributed by atoms with Crippen LogP contribution in [0.15, 0.2) is 18.5 Å². The van der Waals surface area contributed by atoms with E-state index in [0.29, 0.717) is 26.1 Å². The number of β-amino-alcohol motifs (C(OH)–C–C–N with tert-alkyl or cyclic N) is 1. The van der Waals surface area contributed by atoms with Gasteiger partial charge in [0, 0.05) is 38.4 Å². The van der Waals surface area contributed by atoms with E-state index in [1.807, 2.05) is 4.90 Å². The highest BCUT2D eigenvalue weighted by molar-refractivity contribution is 5.53. The van der Waals surface area contributed by atoms with Crippen molar-refractivity contribution in [2.24, 2.45) is 5.92 Å². The summed E-state index contributed by atoms with van der Waals surface area (Å²) in [6.07, 6.45) is -4.58. The van der Waals surface area contributed by atoms with Gasteiger partial charge >= 0.3 is 6.18 Å². The number of likely N-dealkylation sites (tertiary alicyclic amines) is 1. The lowest BCUT2D eigenvalue weighted by molar-refractivity contribution is -0.137. The molecule has 0 amide bonds. The molecule has 0 aromatic carbocycles. The van der Waals surface area contributed by atoms with Crippen LogP contribution in [0.3, 0.4) is 0 Å². The predicted molar refractivity (Wildman–Crippen MR) is 88.6 cm³/mol. The van der Waals surface area contributed by atoms with Crippen molar-refractivity contribution >= 4 is 5.69 Å². The Morgan fingerprint density at radius 1 is 1.19 bits per heavy atom. The number of alkyl halides is 3. The molecule has 1 unspecified atom stereocenters. The number of anilines is 1. The van der Waals surface area contributed by atoms with E-state index in [1.165, 1.54) is 6.20 Å². The normalized spacial score (nSPS) is 33.7. The molecule has 1 aromatic heterocycles. The smallest absolute Gasteiger partial charge is 0.389 e. The molecule has 2 saturated heterocycles. The van der Waals surface area contributed by atoms with E-state index in [2.05, 4.69) is 4.98 Å². The molecule has 2 aliphatic rings. The van der Waals surface area contributed by atoms with Crippen molar-refractivity contribution in [3.05, 3.63) is 24.0 Å². The maximum atomic E-state index is 13.2. The Morgan fingerprint density at radius 2 is 1.92 bits per heavy atom. The molecule has 2 aliphatic heterocycles. The molecule has 146 valence electrons. The third-order valence-corrected chi connectivity index (χ3v) is 5.46. The lowest BCUT2D eigenvalue weighted by atomic mass is 9.93. The second kappa shape index (κ2) is 7.30. The molecule has 3 heterocycles. The van der Waals surface area contributed by atoms with Crippen molar-refractivity contribution in [1.29, 1.82) is 0 Å². The average molecular weight is 375 g/mol. The van der Waals surface area contributed by atoms with E-state index in [0.717, 1.165) is 12.3 Å². The Bertz CT molecular complexity index is 631. The Kier molecular flexibility index (Phi) is 5.43. The molecular weight excluding hydrogens is 351 g/mol.